The van der Waals surface area contributed by atoms with Crippen LogP contribution >= 0.6 is 11.3 Å². The van der Waals surface area contributed by atoms with Crippen LogP contribution in [0.4, 0.5) is 4.79 Å². The van der Waals surface area contributed by atoms with Gasteiger partial charge in [-0.2, -0.15) is 5.01 Å². The summed E-state index contributed by atoms with van der Waals surface area (Å²) in [5.41, 5.74) is 2.48. The predicted molar refractivity (Wildman–Crippen MR) is 107 cm³/mol. The summed E-state index contributed by atoms with van der Waals surface area (Å²) < 4.78 is 0. The maximum atomic E-state index is 12.8. The molecule has 0 aliphatic carbocycles. The summed E-state index contributed by atoms with van der Waals surface area (Å²) in [6, 6.07) is 13.1. The van der Waals surface area contributed by atoms with Crippen molar-refractivity contribution in [1.82, 2.24) is 20.7 Å². The third-order valence-corrected chi connectivity index (χ3v) is 5.53. The molecule has 0 saturated carbocycles. The molecule has 0 unspecified atom stereocenters. The molecule has 1 fully saturated rings. The summed E-state index contributed by atoms with van der Waals surface area (Å²) in [6.07, 6.45) is 1.10. The molecule has 0 radical (unpaired) electrons. The van der Waals surface area contributed by atoms with Crippen LogP contribution < -0.4 is 10.7 Å². The molecule has 2 heterocycles. The van der Waals surface area contributed by atoms with Crippen LogP contribution in [0, 0.1) is 0 Å². The van der Waals surface area contributed by atoms with Gasteiger partial charge in [0.2, 0.25) is 0 Å². The molecule has 1 atom stereocenters. The van der Waals surface area contributed by atoms with E-state index < -0.39 is 23.4 Å². The van der Waals surface area contributed by atoms with E-state index in [4.69, 9.17) is 0 Å². The van der Waals surface area contributed by atoms with Crippen LogP contribution in [0.2, 0.25) is 0 Å². The molecule has 4 amide bonds. The monoisotopic (exact) mass is 400 g/mol. The van der Waals surface area contributed by atoms with Gasteiger partial charge in [0.25, 0.3) is 11.8 Å². The molecule has 3 rings (SSSR count). The average Bonchev–Trinajstić information content (AvgIpc) is 3.23. The number of hydrogen-bond acceptors (Lipinski definition) is 5. The summed E-state index contributed by atoms with van der Waals surface area (Å²) in [5, 5.41) is 5.48. The Labute approximate surface area is 168 Å². The van der Waals surface area contributed by atoms with Crippen LogP contribution in [0.5, 0.6) is 0 Å². The number of nitrogens with one attached hydrogen (secondary N) is 2. The summed E-state index contributed by atoms with van der Waals surface area (Å²) >= 11 is 1.61. The lowest BCUT2D eigenvalue weighted by atomic mass is 9.93. The first-order valence-electron chi connectivity index (χ1n) is 9.08. The first kappa shape index (κ1) is 20.0. The lowest BCUT2D eigenvalue weighted by Gasteiger charge is -2.22. The molecule has 148 valence electrons. The molecule has 7 nitrogen and oxygen atoms in total. The molecular weight excluding hydrogens is 376 g/mol. The van der Waals surface area contributed by atoms with E-state index in [9.17, 15) is 14.4 Å². The Kier molecular flexibility index (Phi) is 6.11. The third-order valence-electron chi connectivity index (χ3n) is 4.67. The number of imide groups is 1. The van der Waals surface area contributed by atoms with E-state index in [1.165, 1.54) is 0 Å². The van der Waals surface area contributed by atoms with Crippen LogP contribution in [-0.2, 0) is 22.6 Å². The standard InChI is InChI=1S/C20H24N4O3S/c1-20(11-10-15-7-4-3-5-8-15)18(26)24(19(27)21-20)22-17(25)14-23(2)13-16-9-6-12-28-16/h3-9,12H,10-11,13-14H2,1-2H3,(H,21,27)(H,22,25)/t20-/m1/s1. The maximum Gasteiger partial charge on any atom is 0.344 e. The number of amides is 4. The van der Waals surface area contributed by atoms with Crippen molar-refractivity contribution in [2.24, 2.45) is 0 Å². The minimum atomic E-state index is -1.04. The van der Waals surface area contributed by atoms with Crippen LogP contribution in [0.3, 0.4) is 0 Å². The van der Waals surface area contributed by atoms with E-state index in [-0.39, 0.29) is 6.54 Å². The van der Waals surface area contributed by atoms with Gasteiger partial charge in [0.1, 0.15) is 5.54 Å². The quantitative estimate of drug-likeness (QED) is 0.666. The zero-order chi connectivity index (χ0) is 20.1. The average molecular weight is 401 g/mol. The normalized spacial score (nSPS) is 19.2. The van der Waals surface area contributed by atoms with Gasteiger partial charge in [-0.05, 0) is 43.8 Å². The second-order valence-electron chi connectivity index (χ2n) is 7.18. The minimum absolute atomic E-state index is 0.0791. The third kappa shape index (κ3) is 4.76. The van der Waals surface area contributed by atoms with Crippen molar-refractivity contribution in [2.45, 2.75) is 31.8 Å². The number of rotatable bonds is 8. The highest BCUT2D eigenvalue weighted by Crippen LogP contribution is 2.22. The molecule has 1 aliphatic heterocycles. The number of urea groups is 1. The number of nitrogens with zero attached hydrogens (tertiary/aromatic N) is 2. The lowest BCUT2D eigenvalue weighted by molar-refractivity contribution is -0.139. The van der Waals surface area contributed by atoms with Gasteiger partial charge in [-0.1, -0.05) is 36.4 Å². The predicted octanol–water partition coefficient (Wildman–Crippen LogP) is 2.15. The van der Waals surface area contributed by atoms with Gasteiger partial charge in [-0.25, -0.2) is 4.79 Å². The Bertz CT molecular complexity index is 840. The van der Waals surface area contributed by atoms with Gasteiger partial charge >= 0.3 is 6.03 Å². The molecule has 28 heavy (non-hydrogen) atoms. The van der Waals surface area contributed by atoms with Gasteiger partial charge in [-0.3, -0.25) is 19.9 Å². The second-order valence-corrected chi connectivity index (χ2v) is 8.21. The Balaban J connectivity index is 1.54. The topological polar surface area (TPSA) is 81.8 Å². The van der Waals surface area contributed by atoms with Crippen molar-refractivity contribution in [3.8, 4) is 0 Å². The SMILES string of the molecule is CN(CC(=O)NN1C(=O)N[C@](C)(CCc2ccccc2)C1=O)Cc1cccs1. The van der Waals surface area contributed by atoms with E-state index in [0.717, 1.165) is 15.4 Å². The maximum absolute atomic E-state index is 12.8. The zero-order valence-electron chi connectivity index (χ0n) is 16.0. The van der Waals surface area contributed by atoms with Gasteiger partial charge in [-0.15, -0.1) is 11.3 Å². The smallest absolute Gasteiger partial charge is 0.322 e. The highest BCUT2D eigenvalue weighted by atomic mass is 32.1. The van der Waals surface area contributed by atoms with Crippen molar-refractivity contribution < 1.29 is 14.4 Å². The molecule has 8 heteroatoms. The Hall–Kier alpha value is -2.71. The van der Waals surface area contributed by atoms with Crippen LogP contribution in [0.1, 0.15) is 23.8 Å². The minimum Gasteiger partial charge on any atom is -0.322 e. The molecule has 1 saturated heterocycles. The summed E-state index contributed by atoms with van der Waals surface area (Å²) in [5.74, 6) is -0.849. The van der Waals surface area contributed by atoms with E-state index in [0.29, 0.717) is 19.4 Å². The zero-order valence-corrected chi connectivity index (χ0v) is 16.8. The molecule has 2 N–H and O–H groups in total. The number of carbonyl (C=O) groups excluding carboxylic acids is 3. The molecule has 1 aromatic heterocycles. The molecule has 1 aromatic carbocycles. The number of benzene rings is 1. The fourth-order valence-electron chi connectivity index (χ4n) is 3.12. The second kappa shape index (κ2) is 8.53. The van der Waals surface area contributed by atoms with Gasteiger partial charge in [0.05, 0.1) is 6.54 Å². The van der Waals surface area contributed by atoms with Crippen LogP contribution in [-0.4, -0.2) is 46.9 Å². The van der Waals surface area contributed by atoms with Gasteiger partial charge in [0.15, 0.2) is 0 Å². The molecule has 1 aliphatic rings. The van der Waals surface area contributed by atoms with Gasteiger partial charge < -0.3 is 5.32 Å². The van der Waals surface area contributed by atoms with Crippen molar-refractivity contribution in [3.05, 3.63) is 58.3 Å². The first-order valence-corrected chi connectivity index (χ1v) is 9.96. The molecular formula is C20H24N4O3S. The number of aryl methyl sites for hydroxylation is 1. The van der Waals surface area contributed by atoms with Crippen molar-refractivity contribution in [3.63, 3.8) is 0 Å². The Morgan fingerprint density at radius 3 is 2.64 bits per heavy atom. The number of carbonyl (C=O) groups is 3. The highest BCUT2D eigenvalue weighted by molar-refractivity contribution is 7.09. The first-order chi connectivity index (χ1) is 13.4. The number of likely N-dealkylation sites (N-methyl/N-ethyl adjacent to an activating group) is 1. The van der Waals surface area contributed by atoms with E-state index in [1.54, 1.807) is 18.3 Å². The molecule has 0 spiro atoms. The van der Waals surface area contributed by atoms with Crippen molar-refractivity contribution >= 4 is 29.2 Å². The van der Waals surface area contributed by atoms with Crippen LogP contribution in [0.25, 0.3) is 0 Å². The number of thiophene rings is 1. The van der Waals surface area contributed by atoms with Crippen LogP contribution in [0.15, 0.2) is 47.8 Å². The molecule has 0 bridgehead atoms. The Morgan fingerprint density at radius 2 is 1.96 bits per heavy atom. The summed E-state index contributed by atoms with van der Waals surface area (Å²) in [7, 11) is 1.81. The Morgan fingerprint density at radius 1 is 1.21 bits per heavy atom. The molecule has 2 aromatic rings. The fourth-order valence-corrected chi connectivity index (χ4v) is 3.91. The highest BCUT2D eigenvalue weighted by Gasteiger charge is 2.48. The number of hydrogen-bond donors (Lipinski definition) is 2. The van der Waals surface area contributed by atoms with Crippen molar-refractivity contribution in [2.75, 3.05) is 13.6 Å². The summed E-state index contributed by atoms with van der Waals surface area (Å²) in [4.78, 5) is 40.3. The van der Waals surface area contributed by atoms with E-state index in [2.05, 4.69) is 10.7 Å². The van der Waals surface area contributed by atoms with Gasteiger partial charge in [0, 0.05) is 11.4 Å². The van der Waals surface area contributed by atoms with Crippen molar-refractivity contribution in [1.29, 1.82) is 0 Å². The number of hydrazine groups is 1. The fraction of sp³-hybridized carbons (Fsp3) is 0.350. The van der Waals surface area contributed by atoms with E-state index >= 15 is 0 Å². The largest absolute Gasteiger partial charge is 0.344 e. The van der Waals surface area contributed by atoms with E-state index in [1.807, 2.05) is 59.8 Å². The summed E-state index contributed by atoms with van der Waals surface area (Å²) in [6.45, 7) is 2.39. The lowest BCUT2D eigenvalue weighted by Crippen LogP contribution is -2.51.